The molecule has 7 nitrogen and oxygen atoms in total. The van der Waals surface area contributed by atoms with Crippen LogP contribution in [0.1, 0.15) is 20.8 Å². The lowest BCUT2D eigenvalue weighted by Gasteiger charge is -2.56. The zero-order valence-electron chi connectivity index (χ0n) is 14.9. The Morgan fingerprint density at radius 1 is 1.25 bits per heavy atom. The Labute approximate surface area is 143 Å². The second kappa shape index (κ2) is 6.55. The number of anilines is 1. The van der Waals surface area contributed by atoms with Crippen molar-refractivity contribution >= 4 is 12.0 Å². The molecule has 7 heteroatoms. The van der Waals surface area contributed by atoms with Crippen LogP contribution >= 0.6 is 0 Å². The molecule has 0 aromatic carbocycles. The lowest BCUT2D eigenvalue weighted by molar-refractivity contribution is -0.141. The maximum atomic E-state index is 12.6. The minimum atomic E-state index is -0.0382. The molecule has 1 aliphatic carbocycles. The molecule has 3 rings (SSSR count). The van der Waals surface area contributed by atoms with Gasteiger partial charge in [-0.25, -0.2) is 14.8 Å². The Bertz CT molecular complexity index is 572. The molecular weight excluding hydrogens is 306 g/mol. The summed E-state index contributed by atoms with van der Waals surface area (Å²) in [6.45, 7) is 9.30. The molecule has 0 radical (unpaired) electrons. The van der Waals surface area contributed by atoms with E-state index in [2.05, 4.69) is 41.0 Å². The molecule has 1 aliphatic heterocycles. The quantitative estimate of drug-likeness (QED) is 0.904. The zero-order valence-corrected chi connectivity index (χ0v) is 14.9. The predicted molar refractivity (Wildman–Crippen MR) is 91.9 cm³/mol. The van der Waals surface area contributed by atoms with Crippen molar-refractivity contribution in [2.75, 3.05) is 38.2 Å². The Morgan fingerprint density at radius 3 is 2.42 bits per heavy atom. The third kappa shape index (κ3) is 2.92. The van der Waals surface area contributed by atoms with Crippen LogP contribution in [0.5, 0.6) is 0 Å². The van der Waals surface area contributed by atoms with Crippen LogP contribution in [0, 0.1) is 11.3 Å². The first-order valence-electron chi connectivity index (χ1n) is 8.55. The molecular formula is C17H27N5O2. The zero-order chi connectivity index (χ0) is 17.3. The highest BCUT2D eigenvalue weighted by Crippen LogP contribution is 2.46. The van der Waals surface area contributed by atoms with Crippen LogP contribution in [0.3, 0.4) is 0 Å². The van der Waals surface area contributed by atoms with Crippen LogP contribution in [0.2, 0.25) is 0 Å². The summed E-state index contributed by atoms with van der Waals surface area (Å²) in [5.74, 6) is 1.06. The number of hydrogen-bond acceptors (Lipinski definition) is 5. The van der Waals surface area contributed by atoms with Gasteiger partial charge in [0, 0.05) is 63.1 Å². The summed E-state index contributed by atoms with van der Waals surface area (Å²) in [6, 6.07) is 1.97. The summed E-state index contributed by atoms with van der Waals surface area (Å²) in [6.07, 6.45) is 3.68. The van der Waals surface area contributed by atoms with Gasteiger partial charge in [-0.1, -0.05) is 20.8 Å². The van der Waals surface area contributed by atoms with E-state index in [0.717, 1.165) is 19.0 Å². The molecule has 2 fully saturated rings. The second-order valence-electron chi connectivity index (χ2n) is 7.29. The number of aromatic nitrogens is 2. The number of carbonyl (C=O) groups is 1. The van der Waals surface area contributed by atoms with Crippen molar-refractivity contribution in [1.29, 1.82) is 0 Å². The van der Waals surface area contributed by atoms with Crippen LogP contribution in [0.15, 0.2) is 18.5 Å². The Morgan fingerprint density at radius 2 is 1.88 bits per heavy atom. The molecule has 1 aromatic rings. The summed E-state index contributed by atoms with van der Waals surface area (Å²) >= 11 is 0. The fraction of sp³-hybridized carbons (Fsp3) is 0.706. The largest absolute Gasteiger partial charge is 0.380 e. The monoisotopic (exact) mass is 333 g/mol. The van der Waals surface area contributed by atoms with Crippen molar-refractivity contribution in [3.63, 3.8) is 0 Å². The molecule has 1 aromatic heterocycles. The van der Waals surface area contributed by atoms with E-state index in [1.807, 2.05) is 11.0 Å². The SMILES string of the molecule is CO[C@@H]1[C@H](C)[C@@H](NC(=O)N2CCN(c3ncccn3)CC2)C1(C)C. The molecule has 0 bridgehead atoms. The van der Waals surface area contributed by atoms with Gasteiger partial charge in [0.15, 0.2) is 0 Å². The summed E-state index contributed by atoms with van der Waals surface area (Å²) in [7, 11) is 1.74. The van der Waals surface area contributed by atoms with Crippen LogP contribution in [-0.4, -0.2) is 66.3 Å². The van der Waals surface area contributed by atoms with Gasteiger partial charge in [0.2, 0.25) is 5.95 Å². The van der Waals surface area contributed by atoms with Gasteiger partial charge in [0.25, 0.3) is 0 Å². The molecule has 2 aliphatic rings. The van der Waals surface area contributed by atoms with Crippen molar-refractivity contribution in [2.45, 2.75) is 32.9 Å². The van der Waals surface area contributed by atoms with E-state index in [1.165, 1.54) is 0 Å². The molecule has 2 heterocycles. The normalized spacial score (nSPS) is 29.1. The van der Waals surface area contributed by atoms with Gasteiger partial charge >= 0.3 is 6.03 Å². The highest BCUT2D eigenvalue weighted by molar-refractivity contribution is 5.75. The fourth-order valence-electron chi connectivity index (χ4n) is 4.21. The first kappa shape index (κ1) is 17.0. The highest BCUT2D eigenvalue weighted by atomic mass is 16.5. The van der Waals surface area contributed by atoms with Crippen LogP contribution < -0.4 is 10.2 Å². The first-order chi connectivity index (χ1) is 11.4. The van der Waals surface area contributed by atoms with E-state index < -0.39 is 0 Å². The lowest BCUT2D eigenvalue weighted by atomic mass is 9.58. The number of nitrogens with one attached hydrogen (secondary N) is 1. The highest BCUT2D eigenvalue weighted by Gasteiger charge is 2.55. The van der Waals surface area contributed by atoms with Crippen molar-refractivity contribution in [3.8, 4) is 0 Å². The molecule has 0 spiro atoms. The first-order valence-corrected chi connectivity index (χ1v) is 8.55. The smallest absolute Gasteiger partial charge is 0.317 e. The molecule has 1 N–H and O–H groups in total. The number of piperazine rings is 1. The fourth-order valence-corrected chi connectivity index (χ4v) is 4.21. The molecule has 1 saturated carbocycles. The summed E-state index contributed by atoms with van der Waals surface area (Å²) in [5.41, 5.74) is -0.0382. The maximum Gasteiger partial charge on any atom is 0.317 e. The van der Waals surface area contributed by atoms with Gasteiger partial charge in [-0.15, -0.1) is 0 Å². The van der Waals surface area contributed by atoms with Crippen molar-refractivity contribution < 1.29 is 9.53 Å². The average Bonchev–Trinajstić information content (AvgIpc) is 2.60. The van der Waals surface area contributed by atoms with Crippen molar-refractivity contribution in [3.05, 3.63) is 18.5 Å². The third-order valence-electron chi connectivity index (χ3n) is 5.47. The minimum absolute atomic E-state index is 0.0168. The summed E-state index contributed by atoms with van der Waals surface area (Å²) < 4.78 is 5.55. The second-order valence-corrected chi connectivity index (χ2v) is 7.29. The molecule has 1 saturated heterocycles. The number of methoxy groups -OCH3 is 1. The Kier molecular flexibility index (Phi) is 4.62. The Hall–Kier alpha value is -1.89. The van der Waals surface area contributed by atoms with Gasteiger partial charge in [0.1, 0.15) is 0 Å². The van der Waals surface area contributed by atoms with E-state index >= 15 is 0 Å². The van der Waals surface area contributed by atoms with Crippen LogP contribution in [-0.2, 0) is 4.74 Å². The minimum Gasteiger partial charge on any atom is -0.380 e. The van der Waals surface area contributed by atoms with E-state index in [1.54, 1.807) is 19.5 Å². The van der Waals surface area contributed by atoms with E-state index in [0.29, 0.717) is 19.0 Å². The molecule has 24 heavy (non-hydrogen) atoms. The van der Waals surface area contributed by atoms with E-state index in [-0.39, 0.29) is 23.6 Å². The number of amides is 2. The Balaban J connectivity index is 1.53. The number of urea groups is 1. The van der Waals surface area contributed by atoms with E-state index in [9.17, 15) is 4.79 Å². The standard InChI is InChI=1S/C17H27N5O2/c1-12-13(17(2,3)14(12)24-4)20-16(23)22-10-8-21(9-11-22)15-18-6-5-7-19-15/h5-7,12-14H,8-11H2,1-4H3,(H,20,23)/t12-,13-,14-/m1/s1. The van der Waals surface area contributed by atoms with Gasteiger partial charge < -0.3 is 19.9 Å². The van der Waals surface area contributed by atoms with Gasteiger partial charge in [-0.2, -0.15) is 0 Å². The number of ether oxygens (including phenoxy) is 1. The summed E-state index contributed by atoms with van der Waals surface area (Å²) in [4.78, 5) is 25.1. The van der Waals surface area contributed by atoms with Crippen molar-refractivity contribution in [2.24, 2.45) is 11.3 Å². The van der Waals surface area contributed by atoms with Crippen LogP contribution in [0.25, 0.3) is 0 Å². The lowest BCUT2D eigenvalue weighted by Crippen LogP contribution is -2.69. The third-order valence-corrected chi connectivity index (χ3v) is 5.47. The molecule has 132 valence electrons. The van der Waals surface area contributed by atoms with E-state index in [4.69, 9.17) is 4.74 Å². The molecule has 2 amide bonds. The maximum absolute atomic E-state index is 12.6. The number of hydrogen-bond donors (Lipinski definition) is 1. The van der Waals surface area contributed by atoms with Crippen molar-refractivity contribution in [1.82, 2.24) is 20.2 Å². The number of nitrogens with zero attached hydrogens (tertiary/aromatic N) is 4. The van der Waals surface area contributed by atoms with Gasteiger partial charge in [-0.3, -0.25) is 0 Å². The topological polar surface area (TPSA) is 70.6 Å². The molecule has 3 atom stereocenters. The molecule has 0 unspecified atom stereocenters. The summed E-state index contributed by atoms with van der Waals surface area (Å²) in [5, 5.41) is 3.20. The number of rotatable bonds is 3. The number of carbonyl (C=O) groups excluding carboxylic acids is 1. The van der Waals surface area contributed by atoms with Gasteiger partial charge in [0.05, 0.1) is 6.10 Å². The van der Waals surface area contributed by atoms with Crippen LogP contribution in [0.4, 0.5) is 10.7 Å². The predicted octanol–water partition coefficient (Wildman–Crippen LogP) is 1.37. The average molecular weight is 333 g/mol. The van der Waals surface area contributed by atoms with Gasteiger partial charge in [-0.05, 0) is 6.07 Å².